The van der Waals surface area contributed by atoms with Crippen molar-refractivity contribution in [3.05, 3.63) is 99.6 Å². The van der Waals surface area contributed by atoms with E-state index < -0.39 is 128 Å². The number of hydrogen-bond acceptors (Lipinski definition) is 19. The zero-order valence-corrected chi connectivity index (χ0v) is 49.7. The number of hydrogen-bond donors (Lipinski definition) is 8. The molecule has 3 aromatic carbocycles. The van der Waals surface area contributed by atoms with Gasteiger partial charge in [0.1, 0.15) is 49.0 Å². The number of aliphatic hydroxyl groups excluding tert-OH is 3. The van der Waals surface area contributed by atoms with Crippen LogP contribution < -0.4 is 26.0 Å². The molecule has 6 atom stereocenters. The van der Waals surface area contributed by atoms with E-state index in [2.05, 4.69) is 27.2 Å². The number of likely N-dealkylation sites (tertiary alicyclic amines) is 1. The second kappa shape index (κ2) is 30.2. The maximum Gasteiger partial charge on any atom is 0.412 e. The number of piperidine rings is 1. The number of aliphatic hydroxyl groups is 3. The molecule has 0 saturated carbocycles. The molecule has 0 radical (unpaired) electrons. The molecule has 4 aliphatic heterocycles. The highest BCUT2D eigenvalue weighted by molar-refractivity contribution is 6.31. The van der Waals surface area contributed by atoms with Gasteiger partial charge in [0.25, 0.3) is 23.6 Å². The van der Waals surface area contributed by atoms with Gasteiger partial charge in [-0.3, -0.25) is 48.3 Å². The monoisotopic (exact) mass is 1260 g/mol. The zero-order chi connectivity index (χ0) is 64.9. The Labute approximate surface area is 515 Å². The molecular formula is C59H68ClN9O20. The number of imide groups is 2. The van der Waals surface area contributed by atoms with Gasteiger partial charge in [-0.1, -0.05) is 41.8 Å². The number of aliphatic carboxylic acids is 1. The lowest BCUT2D eigenvalue weighted by Crippen LogP contribution is -2.61. The second-order valence-corrected chi connectivity index (χ2v) is 22.3. The summed E-state index contributed by atoms with van der Waals surface area (Å²) in [4.78, 5) is 147. The number of nitrogens with zero attached hydrogens (tertiary/aromatic N) is 5. The molecule has 29 nitrogen and oxygen atoms in total. The number of urea groups is 1. The van der Waals surface area contributed by atoms with Crippen LogP contribution in [0.2, 0.25) is 5.02 Å². The maximum atomic E-state index is 14.2. The topological polar surface area (TPSA) is 379 Å². The van der Waals surface area contributed by atoms with Crippen molar-refractivity contribution in [3.63, 3.8) is 0 Å². The summed E-state index contributed by atoms with van der Waals surface area (Å²) in [6, 6.07) is 12.1. The van der Waals surface area contributed by atoms with E-state index >= 15 is 0 Å². The van der Waals surface area contributed by atoms with Crippen LogP contribution in [-0.2, 0) is 78.6 Å². The Kier molecular flexibility index (Phi) is 22.8. The van der Waals surface area contributed by atoms with Gasteiger partial charge in [0, 0.05) is 87.5 Å². The van der Waals surface area contributed by atoms with Crippen molar-refractivity contribution in [1.82, 2.24) is 35.1 Å². The van der Waals surface area contributed by atoms with E-state index in [1.54, 1.807) is 64.2 Å². The summed E-state index contributed by atoms with van der Waals surface area (Å²) < 4.78 is 27.5. The lowest BCUT2D eigenvalue weighted by molar-refractivity contribution is -0.271. The van der Waals surface area contributed by atoms with Gasteiger partial charge in [0.05, 0.1) is 25.4 Å². The number of carbonyl (C=O) groups is 11. The second-order valence-electron chi connectivity index (χ2n) is 21.9. The van der Waals surface area contributed by atoms with Crippen LogP contribution in [0.1, 0.15) is 79.1 Å². The van der Waals surface area contributed by atoms with Gasteiger partial charge in [-0.25, -0.2) is 19.2 Å². The summed E-state index contributed by atoms with van der Waals surface area (Å²) in [5, 5.41) is 51.7. The standard InChI is InChI=1S/C59H68ClN9O20/c1-6-21-66(58(84)86-31-34-8-13-42(87-55-50(77)48(75)49(76)51(88-55)54(80)81)40(27-34)64-44(71)17-20-61-43(70)18-22-67-45(72)15-16-46(67)73)32-69-47(74)14-12-41(53(69)79)68-30-36-26-33(7-11-38(36)52(68)78)29-62-56(82)63-37-10-9-35(39(60)28-37)19-24-85-25-23-65(5)57(83)89-59(2,3)4/h1,7-11,13,15-16,26-28,41,48-51,55,75-77H,12,14,17-25,29-32H2,2-5H3,(H,61,70)(H,64,71)(H,80,81)(H2,62,63,82)/t41?,48-,49-,50+,51-,55+/m0/s1. The predicted molar refractivity (Wildman–Crippen MR) is 311 cm³/mol. The minimum absolute atomic E-state index is 0.0158. The lowest BCUT2D eigenvalue weighted by atomic mass is 9.99. The molecule has 7 rings (SSSR count). The van der Waals surface area contributed by atoms with Crippen LogP contribution in [0.4, 0.5) is 25.8 Å². The van der Waals surface area contributed by atoms with Crippen LogP contribution in [-0.4, -0.2) is 206 Å². The first-order chi connectivity index (χ1) is 42.2. The number of benzene rings is 3. The van der Waals surface area contributed by atoms with Crippen LogP contribution in [0, 0.1) is 12.3 Å². The average molecular weight is 1260 g/mol. The summed E-state index contributed by atoms with van der Waals surface area (Å²) in [6.07, 6.45) is -4.25. The molecule has 2 saturated heterocycles. The molecule has 89 heavy (non-hydrogen) atoms. The fourth-order valence-corrected chi connectivity index (χ4v) is 9.71. The van der Waals surface area contributed by atoms with Gasteiger partial charge in [-0.05, 0) is 86.2 Å². The number of likely N-dealkylation sites (N-methyl/N-ethyl adjacent to an activating group) is 1. The first-order valence-electron chi connectivity index (χ1n) is 28.0. The largest absolute Gasteiger partial charge is 0.479 e. The molecular weight excluding hydrogens is 1190 g/mol. The Morgan fingerprint density at radius 3 is 2.27 bits per heavy atom. The molecule has 8 N–H and O–H groups in total. The average Bonchev–Trinajstić information content (AvgIpc) is 1.83. The fraction of sp³-hybridized carbons (Fsp3) is 0.441. The van der Waals surface area contributed by atoms with Gasteiger partial charge < -0.3 is 75.2 Å². The maximum absolute atomic E-state index is 14.2. The molecule has 4 aliphatic rings. The third-order valence-corrected chi connectivity index (χ3v) is 14.5. The highest BCUT2D eigenvalue weighted by atomic mass is 35.5. The number of halogens is 1. The minimum Gasteiger partial charge on any atom is -0.479 e. The highest BCUT2D eigenvalue weighted by Gasteiger charge is 2.49. The number of ether oxygens (including phenoxy) is 5. The van der Waals surface area contributed by atoms with Crippen LogP contribution in [0.15, 0.2) is 66.7 Å². The molecule has 1 unspecified atom stereocenters. The number of amides is 11. The van der Waals surface area contributed by atoms with Gasteiger partial charge >= 0.3 is 24.2 Å². The number of nitrogens with one attached hydrogen (secondary N) is 4. The number of fused-ring (bicyclic) bond motifs is 1. The number of carboxylic acid groups (broad SMARTS) is 1. The van der Waals surface area contributed by atoms with E-state index in [-0.39, 0.29) is 75.5 Å². The van der Waals surface area contributed by atoms with Crippen molar-refractivity contribution in [2.45, 2.75) is 115 Å². The van der Waals surface area contributed by atoms with Gasteiger partial charge in [-0.2, -0.15) is 0 Å². The number of terminal acetylenes is 1. The highest BCUT2D eigenvalue weighted by Crippen LogP contribution is 2.33. The minimum atomic E-state index is -2.05. The summed E-state index contributed by atoms with van der Waals surface area (Å²) in [6.45, 7) is 4.21. The number of carbonyl (C=O) groups excluding carboxylic acids is 10. The first-order valence-corrected chi connectivity index (χ1v) is 28.4. The molecule has 2 fully saturated rings. The fourth-order valence-electron chi connectivity index (χ4n) is 9.43. The van der Waals surface area contributed by atoms with Crippen LogP contribution in [0.25, 0.3) is 0 Å². The third kappa shape index (κ3) is 18.0. The van der Waals surface area contributed by atoms with E-state index in [1.807, 2.05) is 0 Å². The number of carboxylic acids is 1. The smallest absolute Gasteiger partial charge is 0.412 e. The van der Waals surface area contributed by atoms with Crippen LogP contribution >= 0.6 is 11.6 Å². The van der Waals surface area contributed by atoms with Gasteiger partial charge in [0.2, 0.25) is 24.0 Å². The quantitative estimate of drug-likeness (QED) is 0.0341. The Hall–Kier alpha value is -9.18. The van der Waals surface area contributed by atoms with Crippen molar-refractivity contribution in [3.8, 4) is 18.1 Å². The van der Waals surface area contributed by atoms with E-state index in [1.165, 1.54) is 28.0 Å². The Morgan fingerprint density at radius 2 is 1.57 bits per heavy atom. The van der Waals surface area contributed by atoms with Crippen molar-refractivity contribution in [2.75, 3.05) is 63.7 Å². The van der Waals surface area contributed by atoms with Crippen LogP contribution in [0.3, 0.4) is 0 Å². The number of anilines is 2. The molecule has 4 heterocycles. The summed E-state index contributed by atoms with van der Waals surface area (Å²) in [5.41, 5.74) is 2.06. The normalized spacial score (nSPS) is 19.7. The lowest BCUT2D eigenvalue weighted by Gasteiger charge is -2.38. The third-order valence-electron chi connectivity index (χ3n) is 14.1. The van der Waals surface area contributed by atoms with Gasteiger partial charge in [0.15, 0.2) is 6.10 Å². The summed E-state index contributed by atoms with van der Waals surface area (Å²) in [7, 11) is 1.62. The molecule has 0 bridgehead atoms. The SMILES string of the molecule is C#CCN(CN1C(=O)CCC(N2Cc3cc(CNC(=O)Nc4ccc(CCOCCN(C)C(=O)OC(C)(C)C)c(Cl)c4)ccc3C2=O)C1=O)C(=O)OCc1ccc(O[C@@H]2O[C@H](C(=O)O)[C@@H](O)[C@H](O)[C@H]2O)c(NC(=O)CCNC(=O)CCN2C(=O)C=CC2=O)c1. The molecule has 0 aliphatic carbocycles. The van der Waals surface area contributed by atoms with E-state index in [0.717, 1.165) is 32.4 Å². The van der Waals surface area contributed by atoms with Crippen molar-refractivity contribution in [2.24, 2.45) is 0 Å². The van der Waals surface area contributed by atoms with Gasteiger partial charge in [-0.15, -0.1) is 6.42 Å². The van der Waals surface area contributed by atoms with E-state index in [0.29, 0.717) is 47.0 Å². The molecule has 11 amide bonds. The summed E-state index contributed by atoms with van der Waals surface area (Å²) >= 11 is 6.52. The molecule has 476 valence electrons. The molecule has 3 aromatic rings. The summed E-state index contributed by atoms with van der Waals surface area (Å²) in [5.74, 6) is -4.12. The molecule has 30 heteroatoms. The predicted octanol–water partition coefficient (Wildman–Crippen LogP) is 1.82. The first kappa shape index (κ1) is 67.3. The van der Waals surface area contributed by atoms with E-state index in [4.69, 9.17) is 41.7 Å². The Balaban J connectivity index is 0.918. The van der Waals surface area contributed by atoms with Crippen molar-refractivity contribution < 1.29 is 96.9 Å². The zero-order valence-electron chi connectivity index (χ0n) is 48.9. The van der Waals surface area contributed by atoms with E-state index in [9.17, 15) is 73.2 Å². The number of rotatable bonds is 25. The molecule has 0 spiro atoms. The Bertz CT molecular complexity index is 3290. The molecule has 0 aromatic heterocycles. The van der Waals surface area contributed by atoms with Crippen molar-refractivity contribution in [1.29, 1.82) is 0 Å². The van der Waals surface area contributed by atoms with Crippen molar-refractivity contribution >= 4 is 88.5 Å². The Morgan fingerprint density at radius 1 is 0.843 bits per heavy atom. The van der Waals surface area contributed by atoms with Crippen LogP contribution in [0.5, 0.6) is 5.75 Å².